The van der Waals surface area contributed by atoms with E-state index in [1.54, 1.807) is 0 Å². The summed E-state index contributed by atoms with van der Waals surface area (Å²) < 4.78 is 0. The molecule has 0 aromatic heterocycles. The molecule has 0 saturated heterocycles. The zero-order valence-corrected chi connectivity index (χ0v) is 15.6. The van der Waals surface area contributed by atoms with Crippen LogP contribution in [0.3, 0.4) is 0 Å². The van der Waals surface area contributed by atoms with Gasteiger partial charge in [-0.2, -0.15) is 0 Å². The Morgan fingerprint density at radius 2 is 1.19 bits per heavy atom. The first-order valence-corrected chi connectivity index (χ1v) is 7.25. The van der Waals surface area contributed by atoms with E-state index < -0.39 is 0 Å². The van der Waals surface area contributed by atoms with E-state index in [0.29, 0.717) is 0 Å². The van der Waals surface area contributed by atoms with Gasteiger partial charge in [0, 0.05) is 0 Å². The third kappa shape index (κ3) is 18.2. The maximum atomic E-state index is 8.66. The van der Waals surface area contributed by atoms with Crippen LogP contribution in [0, 0.1) is 70.3 Å². The van der Waals surface area contributed by atoms with Crippen LogP contribution in [0.1, 0.15) is 39.5 Å². The minimum absolute atomic E-state index is 0. The molecule has 110 valence electrons. The van der Waals surface area contributed by atoms with Gasteiger partial charge in [0.05, 0.1) is 0 Å². The second kappa shape index (κ2) is 20.3. The standard InChI is InChI=1S/C9H15N.2C5H5.Zr/c1-3-5-7-9(8-10)6-4-2;2*1-2-4-5-3-1;/h8H,3-6H2,1-2H3;2*1-5H;/q-2;;;+2. The Hall–Kier alpha value is 0.293. The SMILES string of the molecule is CCC[C-]=C(C=[N-])CCC.[CH]1[CH][CH][CH][CH]1.[CH]1[CH][CH][CH][CH]1.[Zr+2]. The monoisotopic (exact) mass is 357 g/mol. The molecule has 2 fully saturated rings. The summed E-state index contributed by atoms with van der Waals surface area (Å²) in [6, 6.07) is 0. The quantitative estimate of drug-likeness (QED) is 0.488. The summed E-state index contributed by atoms with van der Waals surface area (Å²) in [4.78, 5) is 0. The van der Waals surface area contributed by atoms with Crippen molar-refractivity contribution < 1.29 is 26.2 Å². The maximum Gasteiger partial charge on any atom is 2.00 e. The Labute approximate surface area is 153 Å². The minimum Gasteiger partial charge on any atom is -0.911 e. The molecule has 0 aromatic carbocycles. The number of unbranched alkanes of at least 4 members (excludes halogenated alkanes) is 1. The number of nitrogens with zero attached hydrogens (tertiary/aromatic N) is 1. The summed E-state index contributed by atoms with van der Waals surface area (Å²) in [5, 5.41) is 8.66. The van der Waals surface area contributed by atoms with E-state index in [9.17, 15) is 0 Å². The van der Waals surface area contributed by atoms with Crippen molar-refractivity contribution in [2.45, 2.75) is 39.5 Å². The second-order valence-electron chi connectivity index (χ2n) is 4.26. The van der Waals surface area contributed by atoms with E-state index in [0.717, 1.165) is 31.3 Å². The van der Waals surface area contributed by atoms with Gasteiger partial charge in [-0.05, 0) is 64.2 Å². The zero-order chi connectivity index (χ0) is 14.9. The molecule has 1 nitrogen and oxygen atoms in total. The van der Waals surface area contributed by atoms with Crippen molar-refractivity contribution in [2.75, 3.05) is 0 Å². The summed E-state index contributed by atoms with van der Waals surface area (Å²) in [6.07, 6.45) is 28.4. The molecule has 2 rings (SSSR count). The number of rotatable bonds is 5. The van der Waals surface area contributed by atoms with E-state index in [1.165, 1.54) is 6.21 Å². The van der Waals surface area contributed by atoms with Crippen LogP contribution in [0.15, 0.2) is 5.57 Å². The van der Waals surface area contributed by atoms with Crippen LogP contribution in [0.2, 0.25) is 0 Å². The minimum atomic E-state index is 0. The van der Waals surface area contributed by atoms with Crippen molar-refractivity contribution in [1.82, 2.24) is 0 Å². The molecule has 0 bridgehead atoms. The van der Waals surface area contributed by atoms with Gasteiger partial charge in [0.15, 0.2) is 0 Å². The fraction of sp³-hybridized carbons (Fsp3) is 0.316. The summed E-state index contributed by atoms with van der Waals surface area (Å²) in [6.45, 7) is 4.20. The van der Waals surface area contributed by atoms with Crippen LogP contribution in [-0.2, 0) is 26.2 Å². The molecule has 0 unspecified atom stereocenters. The molecule has 2 aliphatic carbocycles. The summed E-state index contributed by atoms with van der Waals surface area (Å²) in [7, 11) is 0. The van der Waals surface area contributed by atoms with E-state index in [4.69, 9.17) is 5.41 Å². The first-order chi connectivity index (χ1) is 9.85. The molecule has 0 spiro atoms. The van der Waals surface area contributed by atoms with Gasteiger partial charge in [-0.1, -0.05) is 33.1 Å². The molecule has 10 radical (unpaired) electrons. The number of allylic oxidation sites excluding steroid dienone is 2. The molecule has 0 atom stereocenters. The van der Waals surface area contributed by atoms with Gasteiger partial charge in [-0.15, -0.1) is 6.42 Å². The van der Waals surface area contributed by atoms with E-state index in [2.05, 4.69) is 19.9 Å². The molecular weight excluding hydrogens is 333 g/mol. The third-order valence-corrected chi connectivity index (χ3v) is 2.39. The van der Waals surface area contributed by atoms with Crippen LogP contribution in [0.5, 0.6) is 0 Å². The van der Waals surface area contributed by atoms with Gasteiger partial charge in [-0.3, -0.25) is 6.08 Å². The topological polar surface area (TPSA) is 22.3 Å². The van der Waals surface area contributed by atoms with Crippen LogP contribution in [0.25, 0.3) is 5.41 Å². The first-order valence-electron chi connectivity index (χ1n) is 7.25. The van der Waals surface area contributed by atoms with Gasteiger partial charge in [0.1, 0.15) is 0 Å². The predicted octanol–water partition coefficient (Wildman–Crippen LogP) is 5.00. The molecule has 0 aliphatic heterocycles. The second-order valence-corrected chi connectivity index (χ2v) is 4.26. The van der Waals surface area contributed by atoms with Crippen molar-refractivity contribution in [2.24, 2.45) is 0 Å². The Bertz CT molecular complexity index is 203. The molecule has 0 amide bonds. The maximum absolute atomic E-state index is 8.66. The summed E-state index contributed by atoms with van der Waals surface area (Å²) in [5.41, 5.74) is 0.948. The van der Waals surface area contributed by atoms with Crippen LogP contribution < -0.4 is 0 Å². The molecular formula is C19H25NZr. The van der Waals surface area contributed by atoms with Crippen LogP contribution in [-0.4, -0.2) is 6.21 Å². The van der Waals surface area contributed by atoms with Crippen molar-refractivity contribution in [3.8, 4) is 0 Å². The Balaban J connectivity index is 0. The molecule has 21 heavy (non-hydrogen) atoms. The zero-order valence-electron chi connectivity index (χ0n) is 13.1. The van der Waals surface area contributed by atoms with Crippen LogP contribution >= 0.6 is 0 Å². The largest absolute Gasteiger partial charge is 2.00 e. The van der Waals surface area contributed by atoms with Crippen molar-refractivity contribution in [3.63, 3.8) is 0 Å². The van der Waals surface area contributed by atoms with Crippen molar-refractivity contribution in [1.29, 1.82) is 0 Å². The Morgan fingerprint density at radius 3 is 1.43 bits per heavy atom. The molecule has 2 heteroatoms. The molecule has 0 aromatic rings. The van der Waals surface area contributed by atoms with Crippen molar-refractivity contribution in [3.05, 3.63) is 81.3 Å². The van der Waals surface area contributed by atoms with E-state index in [-0.39, 0.29) is 26.2 Å². The molecule has 0 N–H and O–H groups in total. The summed E-state index contributed by atoms with van der Waals surface area (Å²) >= 11 is 0. The van der Waals surface area contributed by atoms with Gasteiger partial charge in [0.25, 0.3) is 0 Å². The fourth-order valence-electron chi connectivity index (χ4n) is 1.39. The average molecular weight is 359 g/mol. The molecule has 2 saturated carbocycles. The average Bonchev–Trinajstić information content (AvgIpc) is 3.21. The van der Waals surface area contributed by atoms with Gasteiger partial charge in [-0.25, -0.2) is 5.57 Å². The number of hydrogen-bond acceptors (Lipinski definition) is 0. The number of hydrogen-bond donors (Lipinski definition) is 0. The Kier molecular flexibility index (Phi) is 22.8. The van der Waals surface area contributed by atoms with E-state index in [1.807, 2.05) is 64.2 Å². The van der Waals surface area contributed by atoms with Crippen molar-refractivity contribution >= 4 is 6.21 Å². The predicted molar refractivity (Wildman–Crippen MR) is 89.0 cm³/mol. The van der Waals surface area contributed by atoms with Crippen LogP contribution in [0.4, 0.5) is 0 Å². The molecule has 2 aliphatic rings. The summed E-state index contributed by atoms with van der Waals surface area (Å²) in [5.74, 6) is 0. The van der Waals surface area contributed by atoms with Gasteiger partial charge < -0.3 is 11.6 Å². The smallest absolute Gasteiger partial charge is 0.911 e. The van der Waals surface area contributed by atoms with Gasteiger partial charge in [0.2, 0.25) is 0 Å². The first kappa shape index (κ1) is 23.6. The van der Waals surface area contributed by atoms with Gasteiger partial charge >= 0.3 is 26.2 Å². The fourth-order valence-corrected chi connectivity index (χ4v) is 1.39. The third-order valence-electron chi connectivity index (χ3n) is 2.39. The Morgan fingerprint density at radius 1 is 0.810 bits per heavy atom. The molecule has 0 heterocycles. The van der Waals surface area contributed by atoms with E-state index >= 15 is 0 Å². The normalized spacial score (nSPS) is 17.0.